The van der Waals surface area contributed by atoms with Gasteiger partial charge in [-0.15, -0.1) is 0 Å². The third-order valence-electron chi connectivity index (χ3n) is 5.78. The van der Waals surface area contributed by atoms with Gasteiger partial charge in [-0.2, -0.15) is 0 Å². The number of benzene rings is 3. The van der Waals surface area contributed by atoms with E-state index >= 15 is 0 Å². The van der Waals surface area contributed by atoms with Crippen LogP contribution in [0.5, 0.6) is 0 Å². The summed E-state index contributed by atoms with van der Waals surface area (Å²) in [6, 6.07) is 29.7. The lowest BCUT2D eigenvalue weighted by Crippen LogP contribution is -2.32. The third kappa shape index (κ3) is 4.94. The van der Waals surface area contributed by atoms with Gasteiger partial charge in [0.25, 0.3) is 0 Å². The Labute approximate surface area is 197 Å². The molecular formula is C27H26BrNO3. The summed E-state index contributed by atoms with van der Waals surface area (Å²) in [6.45, 7) is 0. The molecule has 2 atom stereocenters. The van der Waals surface area contributed by atoms with Crippen molar-refractivity contribution in [3.63, 3.8) is 0 Å². The van der Waals surface area contributed by atoms with Gasteiger partial charge in [0.15, 0.2) is 6.21 Å². The van der Waals surface area contributed by atoms with Crippen LogP contribution in [0.2, 0.25) is 0 Å². The summed E-state index contributed by atoms with van der Waals surface area (Å²) in [6.07, 6.45) is 5.08. The zero-order chi connectivity index (χ0) is 22.2. The number of esters is 1. The Kier molecular flexibility index (Phi) is 7.38. The first-order valence-electron chi connectivity index (χ1n) is 10.9. The van der Waals surface area contributed by atoms with Gasteiger partial charge in [0.1, 0.15) is 6.10 Å². The largest absolute Gasteiger partial charge is 0.457 e. The molecule has 3 aromatic carbocycles. The van der Waals surface area contributed by atoms with E-state index in [4.69, 9.17) is 9.57 Å². The Balaban J connectivity index is 1.67. The highest BCUT2D eigenvalue weighted by Crippen LogP contribution is 2.40. The molecule has 1 fully saturated rings. The Hall–Kier alpha value is -2.92. The Bertz CT molecular complexity index is 928. The molecule has 1 aliphatic carbocycles. The van der Waals surface area contributed by atoms with E-state index < -0.39 is 11.6 Å². The van der Waals surface area contributed by atoms with Crippen LogP contribution in [-0.4, -0.2) is 23.1 Å². The van der Waals surface area contributed by atoms with Crippen LogP contribution in [0.4, 0.5) is 0 Å². The standard InChI is InChI=1S/C27H26BrNO3/c28-24-18-10-11-19-25(24)31-26(30)20-29-32-27(21-12-4-1-5-13-21,22-14-6-2-7-15-22)23-16-8-3-9-17-23/h1-9,12-17,20,24-25H,10-11,18-19H2/b29-20+/t24-,25-/m0/s1. The van der Waals surface area contributed by atoms with Crippen LogP contribution in [0, 0.1) is 0 Å². The maximum atomic E-state index is 12.5. The summed E-state index contributed by atoms with van der Waals surface area (Å²) in [5.74, 6) is -0.496. The van der Waals surface area contributed by atoms with Gasteiger partial charge in [-0.3, -0.25) is 0 Å². The van der Waals surface area contributed by atoms with Gasteiger partial charge < -0.3 is 9.57 Å². The van der Waals surface area contributed by atoms with Crippen LogP contribution in [0.25, 0.3) is 0 Å². The van der Waals surface area contributed by atoms with E-state index in [1.165, 1.54) is 0 Å². The summed E-state index contributed by atoms with van der Waals surface area (Å²) in [5.41, 5.74) is 1.73. The van der Waals surface area contributed by atoms with Gasteiger partial charge in [0.05, 0.1) is 4.83 Å². The number of carbonyl (C=O) groups excluding carboxylic acids is 1. The highest BCUT2D eigenvalue weighted by molar-refractivity contribution is 9.09. The van der Waals surface area contributed by atoms with Crippen molar-refractivity contribution in [2.45, 2.75) is 42.2 Å². The number of hydrogen-bond acceptors (Lipinski definition) is 4. The normalized spacial score (nSPS) is 18.9. The molecule has 0 radical (unpaired) electrons. The lowest BCUT2D eigenvalue weighted by atomic mass is 9.80. The minimum atomic E-state index is -1.01. The van der Waals surface area contributed by atoms with Crippen molar-refractivity contribution in [3.05, 3.63) is 108 Å². The summed E-state index contributed by atoms with van der Waals surface area (Å²) < 4.78 is 5.62. The fraction of sp³-hybridized carbons (Fsp3) is 0.259. The second kappa shape index (κ2) is 10.6. The van der Waals surface area contributed by atoms with Crippen LogP contribution in [0.3, 0.4) is 0 Å². The SMILES string of the molecule is O=C(/C=N/OC(c1ccccc1)(c1ccccc1)c1ccccc1)O[C@H]1CCCC[C@@H]1Br. The molecular weight excluding hydrogens is 466 g/mol. The van der Waals surface area contributed by atoms with Crippen LogP contribution in [0.15, 0.2) is 96.2 Å². The molecule has 0 heterocycles. The predicted molar refractivity (Wildman–Crippen MR) is 130 cm³/mol. The third-order valence-corrected chi connectivity index (χ3v) is 6.83. The zero-order valence-electron chi connectivity index (χ0n) is 17.8. The Morgan fingerprint density at radius 3 is 1.75 bits per heavy atom. The molecule has 0 unspecified atom stereocenters. The van der Waals surface area contributed by atoms with E-state index in [0.717, 1.165) is 48.6 Å². The number of ether oxygens (including phenoxy) is 1. The maximum absolute atomic E-state index is 12.5. The fourth-order valence-corrected chi connectivity index (χ4v) is 4.89. The van der Waals surface area contributed by atoms with Gasteiger partial charge in [0, 0.05) is 16.7 Å². The number of alkyl halides is 1. The Morgan fingerprint density at radius 1 is 0.812 bits per heavy atom. The second-order valence-corrected chi connectivity index (χ2v) is 9.06. The number of nitrogens with zero attached hydrogens (tertiary/aromatic N) is 1. The topological polar surface area (TPSA) is 47.9 Å². The molecule has 0 spiro atoms. The molecule has 3 aromatic rings. The molecule has 0 N–H and O–H groups in total. The molecule has 164 valence electrons. The minimum absolute atomic E-state index is 0.134. The second-order valence-electron chi connectivity index (χ2n) is 7.88. The molecule has 1 aliphatic rings. The van der Waals surface area contributed by atoms with Gasteiger partial charge in [-0.05, 0) is 19.3 Å². The summed E-state index contributed by atoms with van der Waals surface area (Å²) >= 11 is 3.62. The highest BCUT2D eigenvalue weighted by Gasteiger charge is 2.39. The first-order chi connectivity index (χ1) is 15.7. The molecule has 32 heavy (non-hydrogen) atoms. The average molecular weight is 492 g/mol. The first-order valence-corrected chi connectivity index (χ1v) is 11.8. The van der Waals surface area contributed by atoms with Crippen molar-refractivity contribution in [2.24, 2.45) is 5.16 Å². The van der Waals surface area contributed by atoms with Crippen LogP contribution >= 0.6 is 15.9 Å². The van der Waals surface area contributed by atoms with Crippen molar-refractivity contribution in [3.8, 4) is 0 Å². The average Bonchev–Trinajstić information content (AvgIpc) is 2.85. The van der Waals surface area contributed by atoms with E-state index in [1.54, 1.807) is 0 Å². The molecule has 1 saturated carbocycles. The zero-order valence-corrected chi connectivity index (χ0v) is 19.4. The van der Waals surface area contributed by atoms with Crippen molar-refractivity contribution < 1.29 is 14.4 Å². The highest BCUT2D eigenvalue weighted by atomic mass is 79.9. The lowest BCUT2D eigenvalue weighted by Gasteiger charge is -2.33. The molecule has 0 bridgehead atoms. The van der Waals surface area contributed by atoms with Crippen molar-refractivity contribution in [1.29, 1.82) is 0 Å². The monoisotopic (exact) mass is 491 g/mol. The predicted octanol–water partition coefficient (Wildman–Crippen LogP) is 6.23. The number of rotatable bonds is 7. The van der Waals surface area contributed by atoms with E-state index in [9.17, 15) is 4.79 Å². The Morgan fingerprint density at radius 2 is 1.28 bits per heavy atom. The summed E-state index contributed by atoms with van der Waals surface area (Å²) in [7, 11) is 0. The molecule has 0 saturated heterocycles. The minimum Gasteiger partial charge on any atom is -0.457 e. The van der Waals surface area contributed by atoms with Crippen molar-refractivity contribution in [1.82, 2.24) is 0 Å². The van der Waals surface area contributed by atoms with Gasteiger partial charge >= 0.3 is 5.97 Å². The number of halogens is 1. The summed E-state index contributed by atoms with van der Waals surface area (Å²) in [4.78, 5) is 18.9. The molecule has 0 aromatic heterocycles. The number of oxime groups is 1. The molecule has 0 aliphatic heterocycles. The molecule has 4 rings (SSSR count). The van der Waals surface area contributed by atoms with E-state index in [-0.39, 0.29) is 10.9 Å². The van der Waals surface area contributed by atoms with Crippen LogP contribution < -0.4 is 0 Å². The summed E-state index contributed by atoms with van der Waals surface area (Å²) in [5, 5.41) is 4.15. The van der Waals surface area contributed by atoms with E-state index in [2.05, 4.69) is 21.1 Å². The smallest absolute Gasteiger partial charge is 0.353 e. The maximum Gasteiger partial charge on any atom is 0.353 e. The lowest BCUT2D eigenvalue weighted by molar-refractivity contribution is -0.141. The van der Waals surface area contributed by atoms with Crippen molar-refractivity contribution >= 4 is 28.1 Å². The van der Waals surface area contributed by atoms with Crippen LogP contribution in [-0.2, 0) is 20.0 Å². The van der Waals surface area contributed by atoms with Gasteiger partial charge in [0.2, 0.25) is 5.60 Å². The molecule has 4 nitrogen and oxygen atoms in total. The van der Waals surface area contributed by atoms with E-state index in [0.29, 0.717) is 0 Å². The molecule has 5 heteroatoms. The number of carbonyl (C=O) groups is 1. The molecule has 0 amide bonds. The first kappa shape index (κ1) is 22.3. The fourth-order valence-electron chi connectivity index (χ4n) is 4.19. The van der Waals surface area contributed by atoms with E-state index in [1.807, 2.05) is 91.0 Å². The number of hydrogen-bond donors (Lipinski definition) is 0. The van der Waals surface area contributed by atoms with Gasteiger partial charge in [-0.1, -0.05) is 119 Å². The quantitative estimate of drug-likeness (QED) is 0.129. The van der Waals surface area contributed by atoms with Gasteiger partial charge in [-0.25, -0.2) is 4.79 Å². The van der Waals surface area contributed by atoms with Crippen molar-refractivity contribution in [2.75, 3.05) is 0 Å². The van der Waals surface area contributed by atoms with Crippen LogP contribution in [0.1, 0.15) is 42.4 Å².